The molecule has 29 heavy (non-hydrogen) atoms. The van der Waals surface area contributed by atoms with E-state index >= 15 is 0 Å². The molecule has 2 aromatic carbocycles. The highest BCUT2D eigenvalue weighted by Gasteiger charge is 2.43. The standard InChI is InChI=1S/C23H24FN3O2/c1-16-20(21(28)27(26(16)2)19-11-4-3-5-12-19)25-22(29)23(13-6-7-14-23)17-9-8-10-18(24)15-17/h3-5,8-12,15H,6-7,13-14H2,1-2H3,(H,25,29). The van der Waals surface area contributed by atoms with Crippen molar-refractivity contribution in [3.63, 3.8) is 0 Å². The lowest BCUT2D eigenvalue weighted by atomic mass is 9.78. The first-order valence-electron chi connectivity index (χ1n) is 9.85. The maximum absolute atomic E-state index is 13.9. The molecule has 3 aromatic rings. The summed E-state index contributed by atoms with van der Waals surface area (Å²) in [6.45, 7) is 1.81. The highest BCUT2D eigenvalue weighted by molar-refractivity contribution is 5.99. The summed E-state index contributed by atoms with van der Waals surface area (Å²) >= 11 is 0. The molecule has 0 aliphatic heterocycles. The predicted molar refractivity (Wildman–Crippen MR) is 111 cm³/mol. The number of carbonyl (C=O) groups is 1. The Labute approximate surface area is 168 Å². The highest BCUT2D eigenvalue weighted by Crippen LogP contribution is 2.42. The second kappa shape index (κ2) is 7.35. The molecule has 4 rings (SSSR count). The van der Waals surface area contributed by atoms with Crippen molar-refractivity contribution in [2.45, 2.75) is 38.0 Å². The number of para-hydroxylation sites is 1. The van der Waals surface area contributed by atoms with Crippen LogP contribution in [0.25, 0.3) is 5.69 Å². The van der Waals surface area contributed by atoms with Crippen LogP contribution in [0.15, 0.2) is 59.4 Å². The van der Waals surface area contributed by atoms with Crippen molar-refractivity contribution < 1.29 is 9.18 Å². The van der Waals surface area contributed by atoms with Crippen molar-refractivity contribution in [3.05, 3.63) is 82.0 Å². The molecule has 0 atom stereocenters. The van der Waals surface area contributed by atoms with Crippen LogP contribution in [0.2, 0.25) is 0 Å². The third kappa shape index (κ3) is 3.18. The van der Waals surface area contributed by atoms with E-state index in [4.69, 9.17) is 0 Å². The number of benzene rings is 2. The van der Waals surface area contributed by atoms with Gasteiger partial charge in [-0.15, -0.1) is 0 Å². The minimum Gasteiger partial charge on any atom is -0.319 e. The number of carbonyl (C=O) groups excluding carboxylic acids is 1. The topological polar surface area (TPSA) is 56.0 Å². The number of anilines is 1. The monoisotopic (exact) mass is 393 g/mol. The van der Waals surface area contributed by atoms with E-state index in [9.17, 15) is 14.0 Å². The molecule has 0 bridgehead atoms. The van der Waals surface area contributed by atoms with E-state index in [2.05, 4.69) is 5.32 Å². The van der Waals surface area contributed by atoms with Gasteiger partial charge in [-0.1, -0.05) is 43.2 Å². The normalized spacial score (nSPS) is 15.4. The highest BCUT2D eigenvalue weighted by atomic mass is 19.1. The minimum absolute atomic E-state index is 0.244. The van der Waals surface area contributed by atoms with E-state index in [1.54, 1.807) is 30.8 Å². The smallest absolute Gasteiger partial charge is 0.295 e. The Bertz CT molecular complexity index is 1110. The zero-order valence-electron chi connectivity index (χ0n) is 16.6. The molecular weight excluding hydrogens is 369 g/mol. The SMILES string of the molecule is Cc1c(NC(=O)C2(c3cccc(F)c3)CCCC2)c(=O)n(-c2ccccc2)n1C. The van der Waals surface area contributed by atoms with E-state index in [1.165, 1.54) is 16.8 Å². The molecule has 1 amide bonds. The van der Waals surface area contributed by atoms with Gasteiger partial charge < -0.3 is 5.32 Å². The van der Waals surface area contributed by atoms with E-state index in [0.29, 0.717) is 24.1 Å². The zero-order chi connectivity index (χ0) is 20.6. The lowest BCUT2D eigenvalue weighted by molar-refractivity contribution is -0.121. The number of halogens is 1. The Balaban J connectivity index is 1.74. The average molecular weight is 393 g/mol. The molecule has 1 aromatic heterocycles. The van der Waals surface area contributed by atoms with Crippen LogP contribution in [0.3, 0.4) is 0 Å². The van der Waals surface area contributed by atoms with Gasteiger partial charge in [0.1, 0.15) is 11.5 Å². The quantitative estimate of drug-likeness (QED) is 0.726. The van der Waals surface area contributed by atoms with Gasteiger partial charge in [-0.3, -0.25) is 14.3 Å². The summed E-state index contributed by atoms with van der Waals surface area (Å²) in [7, 11) is 1.79. The Hall–Kier alpha value is -3.15. The molecule has 1 N–H and O–H groups in total. The summed E-state index contributed by atoms with van der Waals surface area (Å²) in [5.41, 5.74) is 1.24. The lowest BCUT2D eigenvalue weighted by Crippen LogP contribution is -2.39. The Morgan fingerprint density at radius 3 is 2.41 bits per heavy atom. The van der Waals surface area contributed by atoms with Crippen LogP contribution < -0.4 is 10.9 Å². The van der Waals surface area contributed by atoms with Crippen LogP contribution in [0.1, 0.15) is 36.9 Å². The fraction of sp³-hybridized carbons (Fsp3) is 0.304. The van der Waals surface area contributed by atoms with Crippen molar-refractivity contribution in [1.29, 1.82) is 0 Å². The molecule has 5 nitrogen and oxygen atoms in total. The van der Waals surface area contributed by atoms with Gasteiger partial charge in [-0.05, 0) is 49.6 Å². The van der Waals surface area contributed by atoms with Crippen molar-refractivity contribution in [3.8, 4) is 5.69 Å². The fourth-order valence-electron chi connectivity index (χ4n) is 4.36. The van der Waals surface area contributed by atoms with Gasteiger partial charge in [0, 0.05) is 7.05 Å². The largest absolute Gasteiger partial charge is 0.319 e. The summed E-state index contributed by atoms with van der Waals surface area (Å²) in [5.74, 6) is -0.601. The van der Waals surface area contributed by atoms with Gasteiger partial charge in [0.2, 0.25) is 5.91 Å². The van der Waals surface area contributed by atoms with Gasteiger partial charge >= 0.3 is 0 Å². The van der Waals surface area contributed by atoms with Gasteiger partial charge in [0.25, 0.3) is 5.56 Å². The zero-order valence-corrected chi connectivity index (χ0v) is 16.6. The second-order valence-electron chi connectivity index (χ2n) is 7.69. The first-order chi connectivity index (χ1) is 13.9. The van der Waals surface area contributed by atoms with Crippen molar-refractivity contribution in [2.24, 2.45) is 7.05 Å². The van der Waals surface area contributed by atoms with Gasteiger partial charge in [-0.25, -0.2) is 9.07 Å². The first-order valence-corrected chi connectivity index (χ1v) is 9.85. The number of hydrogen-bond donors (Lipinski definition) is 1. The fourth-order valence-corrected chi connectivity index (χ4v) is 4.36. The Morgan fingerprint density at radius 2 is 1.76 bits per heavy atom. The maximum Gasteiger partial charge on any atom is 0.295 e. The molecule has 1 aliphatic rings. The first kappa shape index (κ1) is 19.2. The maximum atomic E-state index is 13.9. The van der Waals surface area contributed by atoms with Crippen LogP contribution in [-0.4, -0.2) is 15.3 Å². The number of amides is 1. The molecule has 1 heterocycles. The van der Waals surface area contributed by atoms with Crippen molar-refractivity contribution in [1.82, 2.24) is 9.36 Å². The molecular formula is C23H24FN3O2. The predicted octanol–water partition coefficient (Wildman–Crippen LogP) is 4.07. The second-order valence-corrected chi connectivity index (χ2v) is 7.69. The van der Waals surface area contributed by atoms with E-state index in [0.717, 1.165) is 18.5 Å². The minimum atomic E-state index is -0.811. The number of rotatable bonds is 4. The van der Waals surface area contributed by atoms with Gasteiger partial charge in [-0.2, -0.15) is 0 Å². The number of hydrogen-bond acceptors (Lipinski definition) is 2. The number of aromatic nitrogens is 2. The van der Waals surface area contributed by atoms with Crippen LogP contribution in [-0.2, 0) is 17.3 Å². The molecule has 150 valence electrons. The van der Waals surface area contributed by atoms with Crippen molar-refractivity contribution >= 4 is 11.6 Å². The Kier molecular flexibility index (Phi) is 4.86. The van der Waals surface area contributed by atoms with Crippen LogP contribution in [0.5, 0.6) is 0 Å². The van der Waals surface area contributed by atoms with Crippen LogP contribution >= 0.6 is 0 Å². The Morgan fingerprint density at radius 1 is 1.07 bits per heavy atom. The molecule has 0 saturated heterocycles. The van der Waals surface area contributed by atoms with Crippen LogP contribution in [0, 0.1) is 12.7 Å². The molecule has 1 saturated carbocycles. The number of nitrogens with one attached hydrogen (secondary N) is 1. The van der Waals surface area contributed by atoms with Gasteiger partial charge in [0.05, 0.1) is 16.8 Å². The summed E-state index contributed by atoms with van der Waals surface area (Å²) in [6, 6.07) is 15.5. The third-order valence-electron chi connectivity index (χ3n) is 6.06. The summed E-state index contributed by atoms with van der Waals surface area (Å²) in [5, 5.41) is 2.89. The molecule has 6 heteroatoms. The average Bonchev–Trinajstić information content (AvgIpc) is 3.30. The molecule has 0 spiro atoms. The molecule has 1 aliphatic carbocycles. The molecule has 0 radical (unpaired) electrons. The summed E-state index contributed by atoms with van der Waals surface area (Å²) in [4.78, 5) is 26.5. The van der Waals surface area contributed by atoms with E-state index in [1.807, 2.05) is 30.3 Å². The van der Waals surface area contributed by atoms with Gasteiger partial charge in [0.15, 0.2) is 0 Å². The molecule has 0 unspecified atom stereocenters. The molecule has 1 fully saturated rings. The third-order valence-corrected chi connectivity index (χ3v) is 6.06. The van der Waals surface area contributed by atoms with E-state index < -0.39 is 5.41 Å². The van der Waals surface area contributed by atoms with E-state index in [-0.39, 0.29) is 23.0 Å². The summed E-state index contributed by atoms with van der Waals surface area (Å²) in [6.07, 6.45) is 3.07. The number of nitrogens with zero attached hydrogens (tertiary/aromatic N) is 2. The summed E-state index contributed by atoms with van der Waals surface area (Å²) < 4.78 is 17.1. The van der Waals surface area contributed by atoms with Crippen LogP contribution in [0.4, 0.5) is 10.1 Å². The lowest BCUT2D eigenvalue weighted by Gasteiger charge is -2.28. The van der Waals surface area contributed by atoms with Crippen molar-refractivity contribution in [2.75, 3.05) is 5.32 Å².